The van der Waals surface area contributed by atoms with Crippen molar-refractivity contribution >= 4 is 0 Å². The maximum absolute atomic E-state index is 13.4. The molecule has 0 saturated carbocycles. The normalized spacial score (nSPS) is 14.6. The number of rotatable bonds is 6. The molecule has 1 rings (SSSR count). The standard InChI is InChI=1S/C13H19F2NO/c1-3-16-7-6-13(2,17)9-10-4-5-11(14)8-12(10)15/h4-5,8,16-17H,3,6-7,9H2,1-2H3. The molecule has 2 nitrogen and oxygen atoms in total. The Morgan fingerprint density at radius 3 is 2.65 bits per heavy atom. The maximum atomic E-state index is 13.4. The minimum atomic E-state index is -0.985. The molecule has 0 saturated heterocycles. The van der Waals surface area contributed by atoms with Crippen molar-refractivity contribution in [3.05, 3.63) is 35.4 Å². The van der Waals surface area contributed by atoms with E-state index in [1.807, 2.05) is 6.92 Å². The van der Waals surface area contributed by atoms with Crippen LogP contribution < -0.4 is 5.32 Å². The highest BCUT2D eigenvalue weighted by Gasteiger charge is 2.22. The Bertz CT molecular complexity index is 366. The summed E-state index contributed by atoms with van der Waals surface area (Å²) in [7, 11) is 0. The highest BCUT2D eigenvalue weighted by Crippen LogP contribution is 2.19. The van der Waals surface area contributed by atoms with Gasteiger partial charge < -0.3 is 10.4 Å². The van der Waals surface area contributed by atoms with E-state index in [1.165, 1.54) is 12.1 Å². The molecule has 0 fully saturated rings. The van der Waals surface area contributed by atoms with Crippen molar-refractivity contribution in [1.29, 1.82) is 0 Å². The van der Waals surface area contributed by atoms with Gasteiger partial charge in [-0.3, -0.25) is 0 Å². The number of benzene rings is 1. The molecule has 17 heavy (non-hydrogen) atoms. The van der Waals surface area contributed by atoms with Crippen molar-refractivity contribution < 1.29 is 13.9 Å². The first-order valence-electron chi connectivity index (χ1n) is 5.81. The van der Waals surface area contributed by atoms with Gasteiger partial charge in [-0.1, -0.05) is 13.0 Å². The first-order valence-corrected chi connectivity index (χ1v) is 5.81. The summed E-state index contributed by atoms with van der Waals surface area (Å²) >= 11 is 0. The third-order valence-electron chi connectivity index (χ3n) is 2.68. The molecular weight excluding hydrogens is 224 g/mol. The Morgan fingerprint density at radius 2 is 2.06 bits per heavy atom. The van der Waals surface area contributed by atoms with Crippen LogP contribution in [0.5, 0.6) is 0 Å². The molecule has 4 heteroatoms. The summed E-state index contributed by atoms with van der Waals surface area (Å²) in [6.07, 6.45) is 0.710. The first-order chi connectivity index (χ1) is 7.94. The van der Waals surface area contributed by atoms with Crippen molar-refractivity contribution in [3.63, 3.8) is 0 Å². The molecule has 0 aromatic heterocycles. The predicted octanol–water partition coefficient (Wildman–Crippen LogP) is 2.26. The van der Waals surface area contributed by atoms with Crippen LogP contribution in [0.15, 0.2) is 18.2 Å². The van der Waals surface area contributed by atoms with Crippen LogP contribution in [0.1, 0.15) is 25.8 Å². The fraction of sp³-hybridized carbons (Fsp3) is 0.538. The van der Waals surface area contributed by atoms with E-state index >= 15 is 0 Å². The van der Waals surface area contributed by atoms with Crippen molar-refractivity contribution in [2.75, 3.05) is 13.1 Å². The van der Waals surface area contributed by atoms with Crippen LogP contribution >= 0.6 is 0 Å². The van der Waals surface area contributed by atoms with Gasteiger partial charge in [-0.25, -0.2) is 8.78 Å². The summed E-state index contributed by atoms with van der Waals surface area (Å²) in [5.41, 5.74) is -0.645. The lowest BCUT2D eigenvalue weighted by Crippen LogP contribution is -2.32. The number of hydrogen-bond acceptors (Lipinski definition) is 2. The van der Waals surface area contributed by atoms with Gasteiger partial charge in [0.1, 0.15) is 11.6 Å². The van der Waals surface area contributed by atoms with Gasteiger partial charge in [0.05, 0.1) is 5.60 Å². The monoisotopic (exact) mass is 243 g/mol. The van der Waals surface area contributed by atoms with Gasteiger partial charge in [0.2, 0.25) is 0 Å². The number of hydrogen-bond donors (Lipinski definition) is 2. The molecular formula is C13H19F2NO. The van der Waals surface area contributed by atoms with E-state index in [2.05, 4.69) is 5.32 Å². The molecule has 1 atom stereocenters. The number of halogens is 2. The van der Waals surface area contributed by atoms with Crippen LogP contribution in [0, 0.1) is 11.6 Å². The fourth-order valence-corrected chi connectivity index (χ4v) is 1.70. The van der Waals surface area contributed by atoms with Crippen molar-refractivity contribution in [2.45, 2.75) is 32.3 Å². The Labute approximate surface area is 101 Å². The predicted molar refractivity (Wildman–Crippen MR) is 63.8 cm³/mol. The van der Waals surface area contributed by atoms with Gasteiger partial charge in [0.25, 0.3) is 0 Å². The van der Waals surface area contributed by atoms with Gasteiger partial charge in [-0.05, 0) is 38.1 Å². The van der Waals surface area contributed by atoms with E-state index in [4.69, 9.17) is 0 Å². The molecule has 0 amide bonds. The lowest BCUT2D eigenvalue weighted by molar-refractivity contribution is 0.0508. The second-order valence-corrected chi connectivity index (χ2v) is 4.51. The van der Waals surface area contributed by atoms with Gasteiger partial charge in [-0.2, -0.15) is 0 Å². The second-order valence-electron chi connectivity index (χ2n) is 4.51. The number of nitrogens with one attached hydrogen (secondary N) is 1. The SMILES string of the molecule is CCNCCC(C)(O)Cc1ccc(F)cc1F. The lowest BCUT2D eigenvalue weighted by Gasteiger charge is -2.23. The van der Waals surface area contributed by atoms with Crippen LogP contribution in [-0.2, 0) is 6.42 Å². The minimum Gasteiger partial charge on any atom is -0.390 e. The molecule has 1 aromatic carbocycles. The van der Waals surface area contributed by atoms with Gasteiger partial charge in [0.15, 0.2) is 0 Å². The summed E-state index contributed by atoms with van der Waals surface area (Å²) < 4.78 is 26.1. The zero-order chi connectivity index (χ0) is 12.9. The van der Waals surface area contributed by atoms with Crippen LogP contribution in [-0.4, -0.2) is 23.8 Å². The Hall–Kier alpha value is -1.00. The zero-order valence-electron chi connectivity index (χ0n) is 10.3. The Morgan fingerprint density at radius 1 is 1.35 bits per heavy atom. The summed E-state index contributed by atoms with van der Waals surface area (Å²) in [6, 6.07) is 3.43. The van der Waals surface area contributed by atoms with Gasteiger partial charge in [0, 0.05) is 12.5 Å². The summed E-state index contributed by atoms with van der Waals surface area (Å²) in [5.74, 6) is -1.20. The first kappa shape index (κ1) is 14.1. The molecule has 0 aliphatic rings. The molecule has 0 bridgehead atoms. The summed E-state index contributed by atoms with van der Waals surface area (Å²) in [4.78, 5) is 0. The molecule has 0 radical (unpaired) electrons. The van der Waals surface area contributed by atoms with E-state index in [-0.39, 0.29) is 6.42 Å². The quantitative estimate of drug-likeness (QED) is 0.751. The van der Waals surface area contributed by atoms with E-state index in [1.54, 1.807) is 6.92 Å². The van der Waals surface area contributed by atoms with E-state index < -0.39 is 17.2 Å². The minimum absolute atomic E-state index is 0.185. The molecule has 0 heterocycles. The summed E-state index contributed by atoms with van der Waals surface area (Å²) in [5, 5.41) is 13.2. The third kappa shape index (κ3) is 4.79. The molecule has 0 aliphatic carbocycles. The molecule has 96 valence electrons. The molecule has 0 aliphatic heterocycles. The fourth-order valence-electron chi connectivity index (χ4n) is 1.70. The summed E-state index contributed by atoms with van der Waals surface area (Å²) in [6.45, 7) is 5.15. The molecule has 1 aromatic rings. The van der Waals surface area contributed by atoms with Crippen molar-refractivity contribution in [2.24, 2.45) is 0 Å². The van der Waals surface area contributed by atoms with Gasteiger partial charge >= 0.3 is 0 Å². The smallest absolute Gasteiger partial charge is 0.129 e. The van der Waals surface area contributed by atoms with Crippen LogP contribution in [0.2, 0.25) is 0 Å². The van der Waals surface area contributed by atoms with E-state index in [0.717, 1.165) is 12.6 Å². The third-order valence-corrected chi connectivity index (χ3v) is 2.68. The van der Waals surface area contributed by atoms with E-state index in [0.29, 0.717) is 18.5 Å². The average Bonchev–Trinajstić information content (AvgIpc) is 2.22. The highest BCUT2D eigenvalue weighted by molar-refractivity contribution is 5.20. The van der Waals surface area contributed by atoms with Crippen LogP contribution in [0.3, 0.4) is 0 Å². The molecule has 2 N–H and O–H groups in total. The van der Waals surface area contributed by atoms with Crippen molar-refractivity contribution in [3.8, 4) is 0 Å². The topological polar surface area (TPSA) is 32.3 Å². The lowest BCUT2D eigenvalue weighted by atomic mass is 9.93. The largest absolute Gasteiger partial charge is 0.390 e. The van der Waals surface area contributed by atoms with Crippen LogP contribution in [0.4, 0.5) is 8.78 Å². The molecule has 0 spiro atoms. The van der Waals surface area contributed by atoms with E-state index in [9.17, 15) is 13.9 Å². The maximum Gasteiger partial charge on any atom is 0.129 e. The average molecular weight is 243 g/mol. The second kappa shape index (κ2) is 6.07. The highest BCUT2D eigenvalue weighted by atomic mass is 19.1. The van der Waals surface area contributed by atoms with Gasteiger partial charge in [-0.15, -0.1) is 0 Å². The Balaban J connectivity index is 2.62. The molecule has 1 unspecified atom stereocenters. The van der Waals surface area contributed by atoms with Crippen LogP contribution in [0.25, 0.3) is 0 Å². The van der Waals surface area contributed by atoms with Crippen molar-refractivity contribution in [1.82, 2.24) is 5.32 Å². The zero-order valence-corrected chi connectivity index (χ0v) is 10.3. The Kier molecular flexibility index (Phi) is 5.02. The number of aliphatic hydroxyl groups is 1.